The van der Waals surface area contributed by atoms with Gasteiger partial charge in [-0.3, -0.25) is 0 Å². The van der Waals surface area contributed by atoms with Gasteiger partial charge in [-0.15, -0.1) is 0 Å². The average Bonchev–Trinajstić information content (AvgIpc) is 2.47. The number of benzene rings is 1. The van der Waals surface area contributed by atoms with Gasteiger partial charge in [0.25, 0.3) is 0 Å². The van der Waals surface area contributed by atoms with E-state index in [1.165, 1.54) is 0 Å². The zero-order chi connectivity index (χ0) is 12.8. The van der Waals surface area contributed by atoms with Gasteiger partial charge in [-0.05, 0) is 22.7 Å². The maximum atomic E-state index is 8.37. The first kappa shape index (κ1) is 12.0. The van der Waals surface area contributed by atoms with Crippen LogP contribution in [0.3, 0.4) is 0 Å². The Morgan fingerprint density at radius 2 is 2.22 bits per heavy atom. The van der Waals surface area contributed by atoms with Crippen LogP contribution in [0.4, 0.5) is 5.69 Å². The van der Waals surface area contributed by atoms with E-state index >= 15 is 0 Å². The number of rotatable bonds is 2. The Kier molecular flexibility index (Phi) is 3.84. The molecular formula is C14H14N4. The Labute approximate surface area is 106 Å². The molecule has 0 saturated heterocycles. The molecule has 4 nitrogen and oxygen atoms in total. The molecule has 0 aliphatic carbocycles. The minimum Gasteiger partial charge on any atom is -0.381 e. The number of allylic oxidation sites excluding steroid dienone is 2. The molecule has 0 atom stereocenters. The summed E-state index contributed by atoms with van der Waals surface area (Å²) >= 11 is 0. The van der Waals surface area contributed by atoms with E-state index in [9.17, 15) is 0 Å². The first-order valence-electron chi connectivity index (χ1n) is 5.71. The van der Waals surface area contributed by atoms with E-state index in [4.69, 9.17) is 5.53 Å². The second-order valence-electron chi connectivity index (χ2n) is 3.96. The summed E-state index contributed by atoms with van der Waals surface area (Å²) in [6.07, 6.45) is 5.92. The highest BCUT2D eigenvalue weighted by molar-refractivity contribution is 5.81. The summed E-state index contributed by atoms with van der Waals surface area (Å²) in [6, 6.07) is 8.03. The number of nitrogens with one attached hydrogen (secondary N) is 1. The summed E-state index contributed by atoms with van der Waals surface area (Å²) in [7, 11) is 0. The SMILES string of the molecule is C=C1/C=C(CN=[N+]=[N-])\C=C/CNc2ccccc21. The van der Waals surface area contributed by atoms with Gasteiger partial charge >= 0.3 is 0 Å². The van der Waals surface area contributed by atoms with Crippen LogP contribution in [0.25, 0.3) is 16.0 Å². The standard InChI is InChI=1S/C14H14N4/c1-11-9-12(10-17-18-15)5-4-8-16-14-7-3-2-6-13(11)14/h2-7,9,16H,1,8,10H2/b5-4-,12-9+. The third-order valence-corrected chi connectivity index (χ3v) is 2.69. The molecule has 0 bridgehead atoms. The highest BCUT2D eigenvalue weighted by Gasteiger charge is 2.05. The molecule has 1 aliphatic heterocycles. The van der Waals surface area contributed by atoms with Crippen LogP contribution in [0.1, 0.15) is 5.56 Å². The van der Waals surface area contributed by atoms with Gasteiger partial charge in [-0.25, -0.2) is 0 Å². The van der Waals surface area contributed by atoms with Crippen LogP contribution in [-0.2, 0) is 0 Å². The fourth-order valence-corrected chi connectivity index (χ4v) is 1.86. The molecular weight excluding hydrogens is 224 g/mol. The number of anilines is 1. The molecule has 1 aromatic carbocycles. The number of para-hydroxylation sites is 1. The first-order chi connectivity index (χ1) is 8.81. The maximum absolute atomic E-state index is 8.37. The summed E-state index contributed by atoms with van der Waals surface area (Å²) in [5.41, 5.74) is 12.4. The van der Waals surface area contributed by atoms with Gasteiger partial charge in [0.05, 0.1) is 6.54 Å². The third-order valence-electron chi connectivity index (χ3n) is 2.69. The molecule has 0 unspecified atom stereocenters. The molecule has 4 heteroatoms. The Bertz CT molecular complexity index is 563. The summed E-state index contributed by atoms with van der Waals surface area (Å²) in [5.74, 6) is 0. The molecule has 1 N–H and O–H groups in total. The lowest BCUT2D eigenvalue weighted by atomic mass is 10.0. The van der Waals surface area contributed by atoms with E-state index in [1.54, 1.807) is 0 Å². The lowest BCUT2D eigenvalue weighted by Crippen LogP contribution is -2.00. The van der Waals surface area contributed by atoms with Crippen molar-refractivity contribution in [2.75, 3.05) is 18.4 Å². The second kappa shape index (κ2) is 5.75. The largest absolute Gasteiger partial charge is 0.381 e. The molecule has 90 valence electrons. The summed E-state index contributed by atoms with van der Waals surface area (Å²) in [5, 5.41) is 6.92. The summed E-state index contributed by atoms with van der Waals surface area (Å²) in [4.78, 5) is 2.78. The molecule has 0 fully saturated rings. The van der Waals surface area contributed by atoms with Crippen molar-refractivity contribution in [2.45, 2.75) is 0 Å². The second-order valence-corrected chi connectivity index (χ2v) is 3.96. The van der Waals surface area contributed by atoms with Crippen LogP contribution in [0.15, 0.2) is 59.8 Å². The summed E-state index contributed by atoms with van der Waals surface area (Å²) < 4.78 is 0. The predicted octanol–water partition coefficient (Wildman–Crippen LogP) is 3.92. The maximum Gasteiger partial charge on any atom is 0.0511 e. The minimum atomic E-state index is 0.341. The van der Waals surface area contributed by atoms with E-state index < -0.39 is 0 Å². The van der Waals surface area contributed by atoms with Gasteiger partial charge in [0.2, 0.25) is 0 Å². The molecule has 0 radical (unpaired) electrons. The van der Waals surface area contributed by atoms with Crippen molar-refractivity contribution < 1.29 is 0 Å². The highest BCUT2D eigenvalue weighted by atomic mass is 15.1. The number of hydrogen-bond acceptors (Lipinski definition) is 2. The first-order valence-corrected chi connectivity index (χ1v) is 5.71. The third kappa shape index (κ3) is 2.81. The fraction of sp³-hybridized carbons (Fsp3) is 0.143. The quantitative estimate of drug-likeness (QED) is 0.474. The molecule has 1 heterocycles. The van der Waals surface area contributed by atoms with Gasteiger partial charge in [-0.1, -0.05) is 48.1 Å². The smallest absolute Gasteiger partial charge is 0.0511 e. The zero-order valence-electron chi connectivity index (χ0n) is 10.0. The van der Waals surface area contributed by atoms with Crippen molar-refractivity contribution in [1.82, 2.24) is 0 Å². The molecule has 1 aliphatic rings. The number of hydrogen-bond donors (Lipinski definition) is 1. The molecule has 18 heavy (non-hydrogen) atoms. The summed E-state index contributed by atoms with van der Waals surface area (Å²) in [6.45, 7) is 5.15. The fourth-order valence-electron chi connectivity index (χ4n) is 1.86. The predicted molar refractivity (Wildman–Crippen MR) is 75.2 cm³/mol. The number of fused-ring (bicyclic) bond motifs is 1. The van der Waals surface area contributed by atoms with Crippen LogP contribution in [0.5, 0.6) is 0 Å². The van der Waals surface area contributed by atoms with Gasteiger partial charge in [-0.2, -0.15) is 0 Å². The molecule has 1 aromatic rings. The van der Waals surface area contributed by atoms with Crippen LogP contribution in [0.2, 0.25) is 0 Å². The van der Waals surface area contributed by atoms with E-state index in [0.717, 1.165) is 28.9 Å². The molecule has 0 amide bonds. The van der Waals surface area contributed by atoms with Crippen molar-refractivity contribution in [1.29, 1.82) is 0 Å². The van der Waals surface area contributed by atoms with Crippen molar-refractivity contribution in [3.05, 3.63) is 70.7 Å². The van der Waals surface area contributed by atoms with E-state index in [-0.39, 0.29) is 0 Å². The van der Waals surface area contributed by atoms with Gasteiger partial charge in [0.15, 0.2) is 0 Å². The Morgan fingerprint density at radius 1 is 1.39 bits per heavy atom. The lowest BCUT2D eigenvalue weighted by molar-refractivity contribution is 1.15. The molecule has 0 spiro atoms. The van der Waals surface area contributed by atoms with Crippen molar-refractivity contribution in [3.8, 4) is 0 Å². The van der Waals surface area contributed by atoms with Crippen LogP contribution in [0, 0.1) is 0 Å². The van der Waals surface area contributed by atoms with E-state index in [2.05, 4.69) is 21.9 Å². The van der Waals surface area contributed by atoms with Gasteiger partial charge in [0, 0.05) is 22.7 Å². The number of azide groups is 1. The van der Waals surface area contributed by atoms with Gasteiger partial charge < -0.3 is 5.32 Å². The van der Waals surface area contributed by atoms with E-state index in [0.29, 0.717) is 6.54 Å². The molecule has 0 saturated carbocycles. The monoisotopic (exact) mass is 238 g/mol. The normalized spacial score (nSPS) is 18.9. The topological polar surface area (TPSA) is 60.8 Å². The molecule has 0 aromatic heterocycles. The average molecular weight is 238 g/mol. The lowest BCUT2D eigenvalue weighted by Gasteiger charge is -2.10. The Morgan fingerprint density at radius 3 is 3.06 bits per heavy atom. The van der Waals surface area contributed by atoms with E-state index in [1.807, 2.05) is 42.5 Å². The minimum absolute atomic E-state index is 0.341. The van der Waals surface area contributed by atoms with Crippen LogP contribution >= 0.6 is 0 Å². The van der Waals surface area contributed by atoms with Crippen LogP contribution < -0.4 is 5.32 Å². The Balaban J connectivity index is 2.38. The highest BCUT2D eigenvalue weighted by Crippen LogP contribution is 2.25. The Hall–Kier alpha value is -2.45. The number of nitrogens with zero attached hydrogens (tertiary/aromatic N) is 3. The van der Waals surface area contributed by atoms with Crippen molar-refractivity contribution >= 4 is 11.3 Å². The van der Waals surface area contributed by atoms with Gasteiger partial charge in [0.1, 0.15) is 0 Å². The van der Waals surface area contributed by atoms with Crippen molar-refractivity contribution in [3.63, 3.8) is 0 Å². The zero-order valence-corrected chi connectivity index (χ0v) is 10.0. The van der Waals surface area contributed by atoms with Crippen LogP contribution in [-0.4, -0.2) is 13.1 Å². The molecule has 2 rings (SSSR count). The van der Waals surface area contributed by atoms with Crippen molar-refractivity contribution in [2.24, 2.45) is 5.11 Å².